The number of rotatable bonds is 5. The molecule has 1 fully saturated rings. The Morgan fingerprint density at radius 3 is 2.58 bits per heavy atom. The summed E-state index contributed by atoms with van der Waals surface area (Å²) < 4.78 is 0. The van der Waals surface area contributed by atoms with Crippen molar-refractivity contribution in [3.63, 3.8) is 0 Å². The molecule has 19 heavy (non-hydrogen) atoms. The molecule has 0 radical (unpaired) electrons. The summed E-state index contributed by atoms with van der Waals surface area (Å²) in [6.07, 6.45) is 2.39. The van der Waals surface area contributed by atoms with Crippen LogP contribution in [0.2, 0.25) is 0 Å². The average molecular weight is 262 g/mol. The fourth-order valence-electron chi connectivity index (χ4n) is 2.37. The molecule has 0 aromatic heterocycles. The first kappa shape index (κ1) is 13.7. The van der Waals surface area contributed by atoms with Crippen LogP contribution < -0.4 is 10.6 Å². The van der Waals surface area contributed by atoms with Crippen LogP contribution in [0, 0.1) is 12.8 Å². The zero-order valence-electron chi connectivity index (χ0n) is 11.8. The Kier molecular flexibility index (Phi) is 3.69. The molecule has 0 spiro atoms. The van der Waals surface area contributed by atoms with Crippen molar-refractivity contribution >= 4 is 17.3 Å². The Balaban J connectivity index is 2.39. The fraction of sp³-hybridized carbons (Fsp3) is 0.533. The number of hydrogen-bond acceptors (Lipinski definition) is 3. The van der Waals surface area contributed by atoms with E-state index in [1.54, 1.807) is 6.07 Å². The molecule has 1 saturated carbocycles. The molecule has 1 aliphatic rings. The number of hydrogen-bond donors (Lipinski definition) is 2. The van der Waals surface area contributed by atoms with E-state index < -0.39 is 5.97 Å². The smallest absolute Gasteiger partial charge is 0.337 e. The van der Waals surface area contributed by atoms with Gasteiger partial charge in [0.25, 0.3) is 0 Å². The summed E-state index contributed by atoms with van der Waals surface area (Å²) >= 11 is 0. The van der Waals surface area contributed by atoms with Crippen LogP contribution in [0.1, 0.15) is 42.6 Å². The highest BCUT2D eigenvalue weighted by molar-refractivity contribution is 5.95. The summed E-state index contributed by atoms with van der Waals surface area (Å²) in [5.74, 6) is -0.408. The van der Waals surface area contributed by atoms with Gasteiger partial charge < -0.3 is 15.7 Å². The zero-order chi connectivity index (χ0) is 14.2. The third-order valence-electron chi connectivity index (χ3n) is 3.48. The first-order chi connectivity index (χ1) is 8.90. The molecule has 0 unspecified atom stereocenters. The minimum absolute atomic E-state index is 0.212. The highest BCUT2D eigenvalue weighted by Crippen LogP contribution is 2.34. The Bertz CT molecular complexity index is 493. The van der Waals surface area contributed by atoms with Crippen LogP contribution >= 0.6 is 0 Å². The van der Waals surface area contributed by atoms with Crippen LogP contribution in [-0.2, 0) is 0 Å². The third kappa shape index (κ3) is 3.00. The van der Waals surface area contributed by atoms with E-state index in [-0.39, 0.29) is 5.56 Å². The van der Waals surface area contributed by atoms with Gasteiger partial charge in [0.05, 0.1) is 5.56 Å². The first-order valence-electron chi connectivity index (χ1n) is 6.80. The van der Waals surface area contributed by atoms with E-state index in [2.05, 4.69) is 18.7 Å². The molecule has 2 rings (SSSR count). The van der Waals surface area contributed by atoms with Gasteiger partial charge in [0.2, 0.25) is 0 Å². The molecular formula is C15H22N2O2. The summed E-state index contributed by atoms with van der Waals surface area (Å²) in [5.41, 5.74) is 8.25. The second kappa shape index (κ2) is 5.11. The highest BCUT2D eigenvalue weighted by Gasteiger charge is 2.30. The summed E-state index contributed by atoms with van der Waals surface area (Å²) in [5, 5.41) is 9.23. The molecule has 1 aromatic carbocycles. The van der Waals surface area contributed by atoms with E-state index >= 15 is 0 Å². The SMILES string of the molecule is Cc1cc(N(CC(C)C)C2CC2)cc(C(=O)O)c1N. The lowest BCUT2D eigenvalue weighted by Gasteiger charge is -2.27. The maximum absolute atomic E-state index is 11.3. The van der Waals surface area contributed by atoms with Gasteiger partial charge in [0, 0.05) is 24.0 Å². The molecule has 0 aliphatic heterocycles. The van der Waals surface area contributed by atoms with Crippen molar-refractivity contribution in [3.8, 4) is 0 Å². The van der Waals surface area contributed by atoms with Crippen LogP contribution in [0.5, 0.6) is 0 Å². The third-order valence-corrected chi connectivity index (χ3v) is 3.48. The molecule has 0 atom stereocenters. The standard InChI is InChI=1S/C15H22N2O2/c1-9(2)8-17(11-4-5-11)12-6-10(3)14(16)13(7-12)15(18)19/h6-7,9,11H,4-5,8,16H2,1-3H3,(H,18,19). The van der Waals surface area contributed by atoms with E-state index in [4.69, 9.17) is 5.73 Å². The van der Waals surface area contributed by atoms with Crippen LogP contribution in [0.15, 0.2) is 12.1 Å². The van der Waals surface area contributed by atoms with Gasteiger partial charge in [-0.2, -0.15) is 0 Å². The van der Waals surface area contributed by atoms with Crippen LogP contribution in [0.4, 0.5) is 11.4 Å². The van der Waals surface area contributed by atoms with Crippen molar-refractivity contribution in [1.82, 2.24) is 0 Å². The lowest BCUT2D eigenvalue weighted by atomic mass is 10.1. The monoisotopic (exact) mass is 262 g/mol. The number of nitrogen functional groups attached to an aromatic ring is 1. The van der Waals surface area contributed by atoms with E-state index in [0.29, 0.717) is 17.6 Å². The van der Waals surface area contributed by atoms with Crippen LogP contribution in [0.25, 0.3) is 0 Å². The van der Waals surface area contributed by atoms with Gasteiger partial charge in [-0.3, -0.25) is 0 Å². The lowest BCUT2D eigenvalue weighted by Crippen LogP contribution is -2.30. The lowest BCUT2D eigenvalue weighted by molar-refractivity contribution is 0.0698. The second-order valence-corrected chi connectivity index (χ2v) is 5.81. The van der Waals surface area contributed by atoms with Gasteiger partial charge in [0.1, 0.15) is 0 Å². The maximum atomic E-state index is 11.3. The Morgan fingerprint density at radius 1 is 1.47 bits per heavy atom. The van der Waals surface area contributed by atoms with Gasteiger partial charge in [-0.1, -0.05) is 13.8 Å². The number of carboxylic acid groups (broad SMARTS) is 1. The summed E-state index contributed by atoms with van der Waals surface area (Å²) in [4.78, 5) is 13.6. The molecule has 4 heteroatoms. The zero-order valence-corrected chi connectivity index (χ0v) is 11.8. The van der Waals surface area contributed by atoms with Crippen molar-refractivity contribution in [2.24, 2.45) is 5.92 Å². The topological polar surface area (TPSA) is 66.6 Å². The number of aryl methyl sites for hydroxylation is 1. The molecule has 0 heterocycles. The maximum Gasteiger partial charge on any atom is 0.337 e. The number of carbonyl (C=O) groups is 1. The van der Waals surface area contributed by atoms with Crippen molar-refractivity contribution < 1.29 is 9.90 Å². The Morgan fingerprint density at radius 2 is 2.11 bits per heavy atom. The number of aromatic carboxylic acids is 1. The van der Waals surface area contributed by atoms with Gasteiger partial charge in [0.15, 0.2) is 0 Å². The van der Waals surface area contributed by atoms with E-state index in [1.165, 1.54) is 12.8 Å². The predicted octanol–water partition coefficient (Wildman–Crippen LogP) is 2.90. The van der Waals surface area contributed by atoms with Crippen molar-refractivity contribution in [2.75, 3.05) is 17.2 Å². The number of carboxylic acids is 1. The molecule has 0 saturated heterocycles. The van der Waals surface area contributed by atoms with Crippen LogP contribution in [-0.4, -0.2) is 23.7 Å². The molecule has 3 N–H and O–H groups in total. The second-order valence-electron chi connectivity index (χ2n) is 5.81. The minimum atomic E-state index is -0.956. The highest BCUT2D eigenvalue weighted by atomic mass is 16.4. The summed E-state index contributed by atoms with van der Waals surface area (Å²) in [6.45, 7) is 7.17. The Hall–Kier alpha value is -1.71. The van der Waals surface area contributed by atoms with Gasteiger partial charge >= 0.3 is 5.97 Å². The normalized spacial score (nSPS) is 14.7. The molecule has 0 bridgehead atoms. The fourth-order valence-corrected chi connectivity index (χ4v) is 2.37. The van der Waals surface area contributed by atoms with Gasteiger partial charge in [-0.05, 0) is 43.4 Å². The molecule has 104 valence electrons. The number of anilines is 2. The van der Waals surface area contributed by atoms with Crippen molar-refractivity contribution in [1.29, 1.82) is 0 Å². The molecule has 0 amide bonds. The van der Waals surface area contributed by atoms with E-state index in [9.17, 15) is 9.90 Å². The van der Waals surface area contributed by atoms with Gasteiger partial charge in [-0.15, -0.1) is 0 Å². The van der Waals surface area contributed by atoms with E-state index in [0.717, 1.165) is 17.8 Å². The molecule has 4 nitrogen and oxygen atoms in total. The summed E-state index contributed by atoms with van der Waals surface area (Å²) in [7, 11) is 0. The molecule has 1 aromatic rings. The minimum Gasteiger partial charge on any atom is -0.478 e. The quantitative estimate of drug-likeness (QED) is 0.801. The van der Waals surface area contributed by atoms with Crippen molar-refractivity contribution in [3.05, 3.63) is 23.3 Å². The van der Waals surface area contributed by atoms with Crippen molar-refractivity contribution in [2.45, 2.75) is 39.7 Å². The predicted molar refractivity (Wildman–Crippen MR) is 77.8 cm³/mol. The number of benzene rings is 1. The number of nitrogens with two attached hydrogens (primary N) is 1. The summed E-state index contributed by atoms with van der Waals surface area (Å²) in [6, 6.07) is 4.28. The van der Waals surface area contributed by atoms with Gasteiger partial charge in [-0.25, -0.2) is 4.79 Å². The van der Waals surface area contributed by atoms with Crippen LogP contribution in [0.3, 0.4) is 0 Å². The molecule has 1 aliphatic carbocycles. The molecular weight excluding hydrogens is 240 g/mol. The van der Waals surface area contributed by atoms with E-state index in [1.807, 2.05) is 13.0 Å². The average Bonchev–Trinajstić information content (AvgIpc) is 3.13. The largest absolute Gasteiger partial charge is 0.478 e. The number of nitrogens with zero attached hydrogens (tertiary/aromatic N) is 1. The first-order valence-corrected chi connectivity index (χ1v) is 6.80. The Labute approximate surface area is 114 Å².